The molecule has 132 valence electrons. The van der Waals surface area contributed by atoms with Crippen molar-refractivity contribution in [3.05, 3.63) is 88.4 Å². The summed E-state index contributed by atoms with van der Waals surface area (Å²) in [5.74, 6) is 0. The molecule has 0 saturated carbocycles. The van der Waals surface area contributed by atoms with E-state index in [1.807, 2.05) is 55.5 Å². The fourth-order valence-corrected chi connectivity index (χ4v) is 2.83. The third-order valence-electron chi connectivity index (χ3n) is 4.13. The molecule has 0 bridgehead atoms. The summed E-state index contributed by atoms with van der Waals surface area (Å²) >= 11 is 6.02. The van der Waals surface area contributed by atoms with Crippen LogP contribution in [0.2, 0.25) is 5.02 Å². The predicted octanol–water partition coefficient (Wildman–Crippen LogP) is 5.84. The number of anilines is 1. The van der Waals surface area contributed by atoms with Gasteiger partial charge in [0.2, 0.25) is 0 Å². The highest BCUT2D eigenvalue weighted by atomic mass is 35.5. The van der Waals surface area contributed by atoms with E-state index in [2.05, 4.69) is 30.3 Å². The van der Waals surface area contributed by atoms with Crippen molar-refractivity contribution in [3.63, 3.8) is 0 Å². The second-order valence-corrected chi connectivity index (χ2v) is 6.68. The SMILES string of the molecule is C/C(=N\OCc1ccc(N)cc1)c1ccc(C)cc1-c1ccc(Cl)cc1. The Morgan fingerprint density at radius 1 is 1.00 bits per heavy atom. The minimum atomic E-state index is 0.403. The molecule has 0 saturated heterocycles. The van der Waals surface area contributed by atoms with Gasteiger partial charge in [-0.3, -0.25) is 0 Å². The van der Waals surface area contributed by atoms with Crippen LogP contribution < -0.4 is 5.73 Å². The van der Waals surface area contributed by atoms with E-state index in [0.717, 1.165) is 38.7 Å². The molecule has 3 rings (SSSR count). The summed E-state index contributed by atoms with van der Waals surface area (Å²) in [4.78, 5) is 5.54. The van der Waals surface area contributed by atoms with E-state index < -0.39 is 0 Å². The summed E-state index contributed by atoms with van der Waals surface area (Å²) in [6.07, 6.45) is 0. The normalized spacial score (nSPS) is 11.4. The quantitative estimate of drug-likeness (QED) is 0.351. The summed E-state index contributed by atoms with van der Waals surface area (Å²) in [6, 6.07) is 21.7. The van der Waals surface area contributed by atoms with Gasteiger partial charge in [-0.05, 0) is 54.8 Å². The topological polar surface area (TPSA) is 47.6 Å². The van der Waals surface area contributed by atoms with E-state index >= 15 is 0 Å². The molecule has 0 aliphatic carbocycles. The van der Waals surface area contributed by atoms with E-state index in [0.29, 0.717) is 6.61 Å². The molecule has 0 aromatic heterocycles. The highest BCUT2D eigenvalue weighted by Crippen LogP contribution is 2.27. The average Bonchev–Trinajstić information content (AvgIpc) is 2.64. The van der Waals surface area contributed by atoms with Crippen molar-refractivity contribution in [2.45, 2.75) is 20.5 Å². The average molecular weight is 365 g/mol. The van der Waals surface area contributed by atoms with E-state index in [4.69, 9.17) is 22.2 Å². The van der Waals surface area contributed by atoms with E-state index in [9.17, 15) is 0 Å². The zero-order valence-electron chi connectivity index (χ0n) is 14.9. The monoisotopic (exact) mass is 364 g/mol. The molecular formula is C22H21ClN2O. The lowest BCUT2D eigenvalue weighted by molar-refractivity contribution is 0.130. The maximum absolute atomic E-state index is 6.02. The zero-order valence-corrected chi connectivity index (χ0v) is 15.6. The van der Waals surface area contributed by atoms with Crippen LogP contribution in [0.4, 0.5) is 5.69 Å². The molecule has 2 N–H and O–H groups in total. The Hall–Kier alpha value is -2.78. The molecule has 3 nitrogen and oxygen atoms in total. The fraction of sp³-hybridized carbons (Fsp3) is 0.136. The third-order valence-corrected chi connectivity index (χ3v) is 4.38. The van der Waals surface area contributed by atoms with Crippen LogP contribution in [-0.2, 0) is 11.4 Å². The van der Waals surface area contributed by atoms with Gasteiger partial charge in [-0.25, -0.2) is 0 Å². The number of rotatable bonds is 5. The van der Waals surface area contributed by atoms with Crippen LogP contribution in [0, 0.1) is 6.92 Å². The molecular weight excluding hydrogens is 344 g/mol. The molecule has 3 aromatic rings. The molecule has 3 aromatic carbocycles. The Morgan fingerprint density at radius 3 is 2.38 bits per heavy atom. The van der Waals surface area contributed by atoms with Crippen molar-refractivity contribution in [2.24, 2.45) is 5.16 Å². The van der Waals surface area contributed by atoms with Gasteiger partial charge in [-0.2, -0.15) is 0 Å². The van der Waals surface area contributed by atoms with Gasteiger partial charge in [-0.15, -0.1) is 0 Å². The zero-order chi connectivity index (χ0) is 18.5. The van der Waals surface area contributed by atoms with Gasteiger partial charge in [0.05, 0.1) is 5.71 Å². The van der Waals surface area contributed by atoms with E-state index in [1.165, 1.54) is 5.56 Å². The van der Waals surface area contributed by atoms with Crippen molar-refractivity contribution < 1.29 is 4.84 Å². The number of hydrogen-bond acceptors (Lipinski definition) is 3. The highest BCUT2D eigenvalue weighted by molar-refractivity contribution is 6.30. The Kier molecular flexibility index (Phi) is 5.59. The van der Waals surface area contributed by atoms with Crippen LogP contribution in [0.3, 0.4) is 0 Å². The van der Waals surface area contributed by atoms with Gasteiger partial charge >= 0.3 is 0 Å². The van der Waals surface area contributed by atoms with Crippen LogP contribution >= 0.6 is 11.6 Å². The van der Waals surface area contributed by atoms with Crippen LogP contribution in [0.15, 0.2) is 71.9 Å². The lowest BCUT2D eigenvalue weighted by Gasteiger charge is -2.11. The molecule has 0 spiro atoms. The Bertz CT molecular complexity index is 916. The van der Waals surface area contributed by atoms with E-state index in [-0.39, 0.29) is 0 Å². The van der Waals surface area contributed by atoms with Crippen molar-refractivity contribution in [2.75, 3.05) is 5.73 Å². The second-order valence-electron chi connectivity index (χ2n) is 6.25. The molecule has 0 radical (unpaired) electrons. The standard InChI is InChI=1S/C22H21ClN2O/c1-15-3-12-21(22(13-15)18-6-8-19(23)9-7-18)16(2)25-26-14-17-4-10-20(24)11-5-17/h3-13H,14,24H2,1-2H3/b25-16+. The summed E-state index contributed by atoms with van der Waals surface area (Å²) in [5, 5.41) is 5.03. The predicted molar refractivity (Wildman–Crippen MR) is 109 cm³/mol. The van der Waals surface area contributed by atoms with Crippen LogP contribution in [-0.4, -0.2) is 5.71 Å². The lowest BCUT2D eigenvalue weighted by atomic mass is 9.95. The Morgan fingerprint density at radius 2 is 1.69 bits per heavy atom. The van der Waals surface area contributed by atoms with Gasteiger partial charge in [0.15, 0.2) is 0 Å². The van der Waals surface area contributed by atoms with Gasteiger partial charge in [0.1, 0.15) is 6.61 Å². The molecule has 0 unspecified atom stereocenters. The minimum absolute atomic E-state index is 0.403. The number of nitrogens with two attached hydrogens (primary N) is 1. The van der Waals surface area contributed by atoms with E-state index in [1.54, 1.807) is 0 Å². The Balaban J connectivity index is 1.83. The van der Waals surface area contributed by atoms with Gasteiger partial charge < -0.3 is 10.6 Å². The number of nitrogen functional groups attached to an aromatic ring is 1. The molecule has 0 amide bonds. The molecule has 4 heteroatoms. The summed E-state index contributed by atoms with van der Waals surface area (Å²) in [6.45, 7) is 4.43. The number of oxime groups is 1. The van der Waals surface area contributed by atoms with Crippen LogP contribution in [0.5, 0.6) is 0 Å². The molecule has 26 heavy (non-hydrogen) atoms. The minimum Gasteiger partial charge on any atom is -0.399 e. The summed E-state index contributed by atoms with van der Waals surface area (Å²) in [7, 11) is 0. The fourth-order valence-electron chi connectivity index (χ4n) is 2.71. The summed E-state index contributed by atoms with van der Waals surface area (Å²) in [5.41, 5.74) is 12.7. The number of nitrogens with zero attached hydrogens (tertiary/aromatic N) is 1. The third kappa shape index (κ3) is 4.44. The maximum atomic E-state index is 6.02. The van der Waals surface area contributed by atoms with Gasteiger partial charge in [0, 0.05) is 16.3 Å². The highest BCUT2D eigenvalue weighted by Gasteiger charge is 2.09. The number of halogens is 1. The first kappa shape index (κ1) is 18.0. The maximum Gasteiger partial charge on any atom is 0.142 e. The van der Waals surface area contributed by atoms with Gasteiger partial charge in [0.25, 0.3) is 0 Å². The summed E-state index contributed by atoms with van der Waals surface area (Å²) < 4.78 is 0. The van der Waals surface area contributed by atoms with Crippen LogP contribution in [0.1, 0.15) is 23.6 Å². The Labute approximate surface area is 159 Å². The lowest BCUT2D eigenvalue weighted by Crippen LogP contribution is -2.00. The molecule has 0 heterocycles. The first-order valence-electron chi connectivity index (χ1n) is 8.41. The number of aryl methyl sites for hydroxylation is 1. The molecule has 0 aliphatic rings. The number of benzene rings is 3. The largest absolute Gasteiger partial charge is 0.399 e. The molecule has 0 aliphatic heterocycles. The first-order valence-corrected chi connectivity index (χ1v) is 8.78. The van der Waals surface area contributed by atoms with Crippen molar-refractivity contribution in [1.82, 2.24) is 0 Å². The van der Waals surface area contributed by atoms with Crippen molar-refractivity contribution >= 4 is 23.0 Å². The van der Waals surface area contributed by atoms with Crippen molar-refractivity contribution in [3.8, 4) is 11.1 Å². The number of hydrogen-bond donors (Lipinski definition) is 1. The first-order chi connectivity index (χ1) is 12.5. The smallest absolute Gasteiger partial charge is 0.142 e. The van der Waals surface area contributed by atoms with Crippen LogP contribution in [0.25, 0.3) is 11.1 Å². The molecule has 0 fully saturated rings. The second kappa shape index (κ2) is 8.07. The van der Waals surface area contributed by atoms with Gasteiger partial charge in [-0.1, -0.05) is 64.8 Å². The van der Waals surface area contributed by atoms with Crippen molar-refractivity contribution in [1.29, 1.82) is 0 Å². The molecule has 0 atom stereocenters.